The zero-order chi connectivity index (χ0) is 11.6. The number of amides is 1. The van der Waals surface area contributed by atoms with Gasteiger partial charge in [-0.3, -0.25) is 4.79 Å². The Morgan fingerprint density at radius 3 is 2.60 bits per heavy atom. The number of hydrogen-bond donors (Lipinski definition) is 4. The molecule has 1 aliphatic rings. The van der Waals surface area contributed by atoms with Crippen LogP contribution in [-0.2, 0) is 9.53 Å². The number of rotatable bonds is 2. The minimum Gasteiger partial charge on any atom is -0.394 e. The second-order valence-corrected chi connectivity index (χ2v) is 3.41. The molecule has 1 aliphatic heterocycles. The van der Waals surface area contributed by atoms with Crippen molar-refractivity contribution in [2.75, 3.05) is 6.61 Å². The number of alkyl halides is 1. The summed E-state index contributed by atoms with van der Waals surface area (Å²) in [6.45, 7) is 0.551. The maximum Gasteiger partial charge on any atom is 0.217 e. The number of nitrogens with one attached hydrogen (secondary N) is 1. The summed E-state index contributed by atoms with van der Waals surface area (Å²) >= 11 is 0. The Labute approximate surface area is 85.7 Å². The highest BCUT2D eigenvalue weighted by Crippen LogP contribution is 2.22. The van der Waals surface area contributed by atoms with Gasteiger partial charge in [-0.1, -0.05) is 0 Å². The van der Waals surface area contributed by atoms with Crippen molar-refractivity contribution in [1.82, 2.24) is 5.32 Å². The number of hydrogen-bond acceptors (Lipinski definition) is 5. The van der Waals surface area contributed by atoms with Gasteiger partial charge in [0.25, 0.3) is 0 Å². The van der Waals surface area contributed by atoms with Crippen molar-refractivity contribution in [1.29, 1.82) is 0 Å². The van der Waals surface area contributed by atoms with Gasteiger partial charge in [0.2, 0.25) is 5.91 Å². The Balaban J connectivity index is 2.70. The van der Waals surface area contributed by atoms with E-state index in [2.05, 4.69) is 5.32 Å². The molecule has 15 heavy (non-hydrogen) atoms. The lowest BCUT2D eigenvalue weighted by Gasteiger charge is -2.38. The summed E-state index contributed by atoms with van der Waals surface area (Å²) in [6.07, 6.45) is -6.21. The first-order chi connectivity index (χ1) is 6.97. The molecule has 6 nitrogen and oxygen atoms in total. The zero-order valence-electron chi connectivity index (χ0n) is 8.13. The number of aliphatic hydroxyl groups excluding tert-OH is 3. The molecule has 1 amide bonds. The van der Waals surface area contributed by atoms with E-state index in [4.69, 9.17) is 9.84 Å². The third-order valence-corrected chi connectivity index (χ3v) is 2.22. The highest BCUT2D eigenvalue weighted by atomic mass is 19.1. The van der Waals surface area contributed by atoms with Crippen LogP contribution in [0.1, 0.15) is 6.92 Å². The first-order valence-electron chi connectivity index (χ1n) is 4.51. The van der Waals surface area contributed by atoms with E-state index in [1.165, 1.54) is 0 Å². The molecule has 1 unspecified atom stereocenters. The number of carbonyl (C=O) groups is 1. The molecular formula is C8H14FNO5. The molecular weight excluding hydrogens is 209 g/mol. The van der Waals surface area contributed by atoms with Crippen LogP contribution in [0.15, 0.2) is 0 Å². The predicted molar refractivity (Wildman–Crippen MR) is 46.5 cm³/mol. The van der Waals surface area contributed by atoms with Crippen molar-refractivity contribution < 1.29 is 29.2 Å². The van der Waals surface area contributed by atoms with Crippen molar-refractivity contribution >= 4 is 5.91 Å². The highest BCUT2D eigenvalue weighted by molar-refractivity contribution is 5.73. The number of aliphatic hydroxyl groups is 3. The maximum atomic E-state index is 13.5. The molecule has 5 atom stereocenters. The second kappa shape index (κ2) is 4.84. The molecule has 1 fully saturated rings. The molecule has 0 spiro atoms. The van der Waals surface area contributed by atoms with Crippen LogP contribution in [0.4, 0.5) is 4.39 Å². The summed E-state index contributed by atoms with van der Waals surface area (Å²) in [7, 11) is 0. The first kappa shape index (κ1) is 12.3. The van der Waals surface area contributed by atoms with Crippen LogP contribution in [0.5, 0.6) is 0 Å². The van der Waals surface area contributed by atoms with Gasteiger partial charge in [0.15, 0.2) is 12.5 Å². The molecule has 4 N–H and O–H groups in total. The van der Waals surface area contributed by atoms with E-state index in [1.807, 2.05) is 0 Å². The van der Waals surface area contributed by atoms with Gasteiger partial charge < -0.3 is 25.4 Å². The first-order valence-corrected chi connectivity index (χ1v) is 4.51. The summed E-state index contributed by atoms with van der Waals surface area (Å²) in [5.74, 6) is -0.542. The highest BCUT2D eigenvalue weighted by Gasteiger charge is 2.45. The number of carbonyl (C=O) groups excluding carboxylic acids is 1. The Morgan fingerprint density at radius 1 is 1.53 bits per heavy atom. The van der Waals surface area contributed by atoms with Crippen LogP contribution in [0.3, 0.4) is 0 Å². The molecule has 0 aromatic heterocycles. The van der Waals surface area contributed by atoms with Crippen molar-refractivity contribution in [3.63, 3.8) is 0 Å². The number of ether oxygens (including phenoxy) is 1. The van der Waals surface area contributed by atoms with E-state index in [1.54, 1.807) is 0 Å². The molecule has 1 saturated heterocycles. The Kier molecular flexibility index (Phi) is 3.97. The van der Waals surface area contributed by atoms with Gasteiger partial charge in [0.05, 0.1) is 6.61 Å². The van der Waals surface area contributed by atoms with Crippen LogP contribution in [0.2, 0.25) is 0 Å². The van der Waals surface area contributed by atoms with Gasteiger partial charge in [-0.05, 0) is 0 Å². The van der Waals surface area contributed by atoms with Gasteiger partial charge in [0, 0.05) is 6.92 Å². The smallest absolute Gasteiger partial charge is 0.217 e. The van der Waals surface area contributed by atoms with E-state index >= 15 is 0 Å². The van der Waals surface area contributed by atoms with E-state index in [9.17, 15) is 19.4 Å². The summed E-state index contributed by atoms with van der Waals surface area (Å²) in [5, 5.41) is 29.5. The summed E-state index contributed by atoms with van der Waals surface area (Å²) < 4.78 is 18.2. The van der Waals surface area contributed by atoms with Crippen LogP contribution < -0.4 is 5.32 Å². The molecule has 0 aromatic rings. The molecule has 0 aliphatic carbocycles. The lowest BCUT2D eigenvalue weighted by atomic mass is 9.98. The molecule has 0 bridgehead atoms. The fraction of sp³-hybridized carbons (Fsp3) is 0.875. The van der Waals surface area contributed by atoms with E-state index < -0.39 is 43.2 Å². The van der Waals surface area contributed by atoms with Gasteiger partial charge in [0.1, 0.15) is 18.2 Å². The van der Waals surface area contributed by atoms with E-state index in [-0.39, 0.29) is 0 Å². The Bertz CT molecular complexity index is 239. The van der Waals surface area contributed by atoms with Crippen LogP contribution in [0, 0.1) is 0 Å². The monoisotopic (exact) mass is 223 g/mol. The lowest BCUT2D eigenvalue weighted by Crippen LogP contribution is -2.62. The van der Waals surface area contributed by atoms with Crippen LogP contribution >= 0.6 is 0 Å². The molecule has 0 aromatic carbocycles. The summed E-state index contributed by atoms with van der Waals surface area (Å²) in [5.41, 5.74) is 0. The molecule has 0 radical (unpaired) electrons. The average molecular weight is 223 g/mol. The zero-order valence-corrected chi connectivity index (χ0v) is 8.13. The van der Waals surface area contributed by atoms with Crippen molar-refractivity contribution in [2.24, 2.45) is 0 Å². The average Bonchev–Trinajstić information content (AvgIpc) is 2.18. The van der Waals surface area contributed by atoms with Crippen molar-refractivity contribution in [3.8, 4) is 0 Å². The van der Waals surface area contributed by atoms with Gasteiger partial charge in [-0.2, -0.15) is 0 Å². The number of halogens is 1. The topological polar surface area (TPSA) is 99.0 Å². The Morgan fingerprint density at radius 2 is 2.13 bits per heavy atom. The third kappa shape index (κ3) is 2.63. The van der Waals surface area contributed by atoms with Crippen LogP contribution in [-0.4, -0.2) is 58.5 Å². The molecule has 1 rings (SSSR count). The summed E-state index contributed by atoms with van der Waals surface area (Å²) in [6, 6.07) is -1.32. The fourth-order valence-corrected chi connectivity index (χ4v) is 1.46. The SMILES string of the molecule is CC(=O)N[C@H]1C(O)O[C@H](CO)[C@@H](O)[C@@H]1F. The van der Waals surface area contributed by atoms with Crippen LogP contribution in [0.25, 0.3) is 0 Å². The molecule has 88 valence electrons. The largest absolute Gasteiger partial charge is 0.394 e. The molecule has 0 saturated carbocycles. The van der Waals surface area contributed by atoms with E-state index in [0.717, 1.165) is 6.92 Å². The minimum absolute atomic E-state index is 0.542. The van der Waals surface area contributed by atoms with E-state index in [0.29, 0.717) is 0 Å². The molecule has 7 heteroatoms. The van der Waals surface area contributed by atoms with Crippen molar-refractivity contribution in [2.45, 2.75) is 37.6 Å². The van der Waals surface area contributed by atoms with Gasteiger partial charge >= 0.3 is 0 Å². The standard InChI is InChI=1S/C8H14FNO5/c1-3(12)10-6-5(9)7(13)4(2-11)15-8(6)14/h4-8,11,13-14H,2H2,1H3,(H,10,12)/t4-,5-,6-,7-,8?/m1/s1. The van der Waals surface area contributed by atoms with Gasteiger partial charge in [-0.25, -0.2) is 4.39 Å². The third-order valence-electron chi connectivity index (χ3n) is 2.22. The normalized spacial score (nSPS) is 41.3. The maximum absolute atomic E-state index is 13.5. The quantitative estimate of drug-likeness (QED) is 0.430. The van der Waals surface area contributed by atoms with Gasteiger partial charge in [-0.15, -0.1) is 0 Å². The minimum atomic E-state index is -1.88. The fourth-order valence-electron chi connectivity index (χ4n) is 1.46. The molecule has 1 heterocycles. The van der Waals surface area contributed by atoms with Crippen molar-refractivity contribution in [3.05, 3.63) is 0 Å². The predicted octanol–water partition coefficient (Wildman–Crippen LogP) is -2.10. The second-order valence-electron chi connectivity index (χ2n) is 3.41. The lowest BCUT2D eigenvalue weighted by molar-refractivity contribution is -0.242. The Hall–Kier alpha value is -0.760. The summed E-state index contributed by atoms with van der Waals surface area (Å²) in [4.78, 5) is 10.7.